The third kappa shape index (κ3) is 9.67. The molecule has 0 aromatic heterocycles. The Morgan fingerprint density at radius 2 is 1.76 bits per heavy atom. The zero-order valence-corrected chi connectivity index (χ0v) is 22.4. The summed E-state index contributed by atoms with van der Waals surface area (Å²) in [6.45, 7) is 2.44. The summed E-state index contributed by atoms with van der Waals surface area (Å²) in [7, 11) is 0. The second kappa shape index (κ2) is 15.1. The molecule has 0 saturated carbocycles. The summed E-state index contributed by atoms with van der Waals surface area (Å²) < 4.78 is 11.7. The molecule has 196 valence electrons. The second-order valence-electron chi connectivity index (χ2n) is 8.05. The first-order valence-electron chi connectivity index (χ1n) is 12.0. The molecule has 0 bridgehead atoms. The van der Waals surface area contributed by atoms with Gasteiger partial charge >= 0.3 is 5.97 Å². The van der Waals surface area contributed by atoms with E-state index in [-0.39, 0.29) is 12.3 Å². The van der Waals surface area contributed by atoms with Gasteiger partial charge in [0.15, 0.2) is 0 Å². The van der Waals surface area contributed by atoms with Gasteiger partial charge in [0.1, 0.15) is 11.5 Å². The van der Waals surface area contributed by atoms with Crippen LogP contribution in [-0.2, 0) is 9.59 Å². The van der Waals surface area contributed by atoms with E-state index in [2.05, 4.69) is 38.7 Å². The summed E-state index contributed by atoms with van der Waals surface area (Å²) in [6.07, 6.45) is 6.33. The van der Waals surface area contributed by atoms with Gasteiger partial charge in [-0.15, -0.1) is 0 Å². The number of ether oxygens (including phenoxy) is 2. The summed E-state index contributed by atoms with van der Waals surface area (Å²) in [5.74, 6) is -0.517. The molecule has 0 fully saturated rings. The van der Waals surface area contributed by atoms with Gasteiger partial charge in [-0.05, 0) is 60.5 Å². The molecule has 2 amide bonds. The molecule has 9 heteroatoms. The van der Waals surface area contributed by atoms with Crippen LogP contribution < -0.4 is 20.2 Å². The lowest BCUT2D eigenvalue weighted by Crippen LogP contribution is -2.34. The summed E-state index contributed by atoms with van der Waals surface area (Å²) in [5, 5.41) is 6.46. The maximum Gasteiger partial charge on any atom is 0.336 e. The number of nitrogens with zero attached hydrogens (tertiary/aromatic N) is 1. The van der Waals surface area contributed by atoms with E-state index in [1.54, 1.807) is 48.5 Å². The van der Waals surface area contributed by atoms with E-state index < -0.39 is 17.8 Å². The number of carbonyl (C=O) groups excluding carboxylic acids is 3. The van der Waals surface area contributed by atoms with Crippen molar-refractivity contribution in [3.63, 3.8) is 0 Å². The van der Waals surface area contributed by atoms with E-state index >= 15 is 0 Å². The standard InChI is InChI=1S/C29H28BrN3O5/c1-2-3-17-37-25-13-10-22(11-14-25)29(36)31-20-27(34)33-32-19-23-18-24(30)12-15-26(23)38-28(35)16-9-21-7-5-4-6-8-21/h4-16,18-19H,2-3,17,20H2,1H3,(H,31,36)(H,33,34)/b16-9+,32-19+. The number of halogens is 1. The molecule has 0 aliphatic carbocycles. The van der Waals surface area contributed by atoms with E-state index in [4.69, 9.17) is 9.47 Å². The van der Waals surface area contributed by atoms with E-state index in [0.717, 1.165) is 22.9 Å². The summed E-state index contributed by atoms with van der Waals surface area (Å²) >= 11 is 3.37. The summed E-state index contributed by atoms with van der Waals surface area (Å²) in [4.78, 5) is 36.7. The van der Waals surface area contributed by atoms with Gasteiger partial charge in [-0.25, -0.2) is 10.2 Å². The van der Waals surface area contributed by atoms with Crippen LogP contribution >= 0.6 is 15.9 Å². The quantitative estimate of drug-likeness (QED) is 0.0775. The highest BCUT2D eigenvalue weighted by Gasteiger charge is 2.09. The lowest BCUT2D eigenvalue weighted by molar-refractivity contribution is -0.129. The van der Waals surface area contributed by atoms with Crippen LogP contribution in [0.5, 0.6) is 11.5 Å². The van der Waals surface area contributed by atoms with Crippen LogP contribution in [0.2, 0.25) is 0 Å². The Morgan fingerprint density at radius 1 is 1.00 bits per heavy atom. The molecule has 0 radical (unpaired) electrons. The molecule has 0 aliphatic heterocycles. The van der Waals surface area contributed by atoms with Crippen molar-refractivity contribution in [1.82, 2.24) is 10.7 Å². The molecule has 0 saturated heterocycles. The van der Waals surface area contributed by atoms with Gasteiger partial charge in [-0.2, -0.15) is 5.10 Å². The molecular weight excluding hydrogens is 550 g/mol. The number of nitrogens with one attached hydrogen (secondary N) is 2. The van der Waals surface area contributed by atoms with Crippen molar-refractivity contribution in [2.45, 2.75) is 19.8 Å². The van der Waals surface area contributed by atoms with Crippen LogP contribution in [0.15, 0.2) is 88.4 Å². The molecule has 3 aromatic rings. The van der Waals surface area contributed by atoms with Crippen LogP contribution in [-0.4, -0.2) is 37.1 Å². The first-order valence-corrected chi connectivity index (χ1v) is 12.8. The fraction of sp³-hybridized carbons (Fsp3) is 0.172. The Kier molecular flexibility index (Phi) is 11.3. The van der Waals surface area contributed by atoms with Crippen molar-refractivity contribution in [3.05, 3.63) is 100 Å². The predicted octanol–water partition coefficient (Wildman–Crippen LogP) is 5.13. The van der Waals surface area contributed by atoms with E-state index in [9.17, 15) is 14.4 Å². The molecule has 0 atom stereocenters. The average molecular weight is 578 g/mol. The van der Waals surface area contributed by atoms with E-state index in [1.165, 1.54) is 12.3 Å². The first-order chi connectivity index (χ1) is 18.4. The molecule has 8 nitrogen and oxygen atoms in total. The smallest absolute Gasteiger partial charge is 0.336 e. The molecule has 38 heavy (non-hydrogen) atoms. The number of carbonyl (C=O) groups is 3. The van der Waals surface area contributed by atoms with Gasteiger partial charge in [-0.1, -0.05) is 59.6 Å². The largest absolute Gasteiger partial charge is 0.494 e. The minimum atomic E-state index is -0.557. The highest BCUT2D eigenvalue weighted by molar-refractivity contribution is 9.10. The normalized spacial score (nSPS) is 10.9. The Bertz CT molecular complexity index is 1290. The van der Waals surface area contributed by atoms with Gasteiger partial charge in [0, 0.05) is 21.7 Å². The van der Waals surface area contributed by atoms with Crippen molar-refractivity contribution >= 4 is 46.0 Å². The summed E-state index contributed by atoms with van der Waals surface area (Å²) in [6, 6.07) is 21.1. The minimum absolute atomic E-state index is 0.268. The monoisotopic (exact) mass is 577 g/mol. The molecule has 0 spiro atoms. The molecule has 2 N–H and O–H groups in total. The number of hydrogen-bond acceptors (Lipinski definition) is 6. The van der Waals surface area contributed by atoms with Gasteiger partial charge in [0.05, 0.1) is 19.4 Å². The molecule has 3 aromatic carbocycles. The maximum absolute atomic E-state index is 12.3. The Hall–Kier alpha value is -4.24. The third-order valence-corrected chi connectivity index (χ3v) is 5.57. The van der Waals surface area contributed by atoms with Gasteiger partial charge in [-0.3, -0.25) is 9.59 Å². The molecule has 0 unspecified atom stereocenters. The average Bonchev–Trinajstić information content (AvgIpc) is 2.93. The number of unbranched alkanes of at least 4 members (excludes halogenated alkanes) is 1. The van der Waals surface area contributed by atoms with E-state index in [1.807, 2.05) is 30.3 Å². The van der Waals surface area contributed by atoms with Crippen LogP contribution in [0.3, 0.4) is 0 Å². The van der Waals surface area contributed by atoms with Crippen molar-refractivity contribution < 1.29 is 23.9 Å². The molecular formula is C29H28BrN3O5. The van der Waals surface area contributed by atoms with Gasteiger partial charge in [0.25, 0.3) is 11.8 Å². The van der Waals surface area contributed by atoms with Crippen LogP contribution in [0.25, 0.3) is 6.08 Å². The van der Waals surface area contributed by atoms with Crippen LogP contribution in [0.1, 0.15) is 41.3 Å². The number of benzene rings is 3. The fourth-order valence-corrected chi connectivity index (χ4v) is 3.48. The second-order valence-corrected chi connectivity index (χ2v) is 8.97. The number of hydrazone groups is 1. The number of amides is 2. The first kappa shape index (κ1) is 28.3. The van der Waals surface area contributed by atoms with Crippen LogP contribution in [0.4, 0.5) is 0 Å². The van der Waals surface area contributed by atoms with Crippen molar-refractivity contribution in [1.29, 1.82) is 0 Å². The van der Waals surface area contributed by atoms with E-state index in [0.29, 0.717) is 23.5 Å². The zero-order valence-electron chi connectivity index (χ0n) is 20.9. The molecule has 0 aliphatic rings. The topological polar surface area (TPSA) is 106 Å². The number of rotatable bonds is 12. The fourth-order valence-electron chi connectivity index (χ4n) is 3.10. The Morgan fingerprint density at radius 3 is 2.50 bits per heavy atom. The SMILES string of the molecule is CCCCOc1ccc(C(=O)NCC(=O)N/N=C/c2cc(Br)ccc2OC(=O)/C=C/c2ccccc2)cc1. The van der Waals surface area contributed by atoms with Crippen LogP contribution in [0, 0.1) is 0 Å². The van der Waals surface area contributed by atoms with Gasteiger partial charge in [0.2, 0.25) is 0 Å². The lowest BCUT2D eigenvalue weighted by Gasteiger charge is -2.08. The Balaban J connectivity index is 1.50. The highest BCUT2D eigenvalue weighted by atomic mass is 79.9. The van der Waals surface area contributed by atoms with Crippen molar-refractivity contribution in [3.8, 4) is 11.5 Å². The zero-order chi connectivity index (χ0) is 27.2. The van der Waals surface area contributed by atoms with Crippen molar-refractivity contribution in [2.75, 3.05) is 13.2 Å². The number of esters is 1. The van der Waals surface area contributed by atoms with Gasteiger partial charge < -0.3 is 14.8 Å². The highest BCUT2D eigenvalue weighted by Crippen LogP contribution is 2.22. The lowest BCUT2D eigenvalue weighted by atomic mass is 10.2. The third-order valence-electron chi connectivity index (χ3n) is 5.08. The Labute approximate surface area is 229 Å². The molecule has 3 rings (SSSR count). The maximum atomic E-state index is 12.3. The molecule has 0 heterocycles. The minimum Gasteiger partial charge on any atom is -0.494 e. The number of hydrogen-bond donors (Lipinski definition) is 2. The summed E-state index contributed by atoms with van der Waals surface area (Å²) in [5.41, 5.74) is 4.09. The predicted molar refractivity (Wildman–Crippen MR) is 150 cm³/mol. The van der Waals surface area contributed by atoms with Crippen molar-refractivity contribution in [2.24, 2.45) is 5.10 Å².